The third-order valence-corrected chi connectivity index (χ3v) is 5.31. The maximum atomic E-state index is 2.58. The predicted molar refractivity (Wildman–Crippen MR) is 50.9 cm³/mol. The van der Waals surface area contributed by atoms with Crippen LogP contribution in [0.5, 0.6) is 0 Å². The molecule has 0 nitrogen and oxygen atoms in total. The van der Waals surface area contributed by atoms with Crippen molar-refractivity contribution in [3.05, 3.63) is 0 Å². The first-order valence-corrected chi connectivity index (χ1v) is 5.81. The van der Waals surface area contributed by atoms with Gasteiger partial charge in [-0.15, -0.1) is 0 Å². The smallest absolute Gasteiger partial charge is 0.0266 e. The van der Waals surface area contributed by atoms with Crippen molar-refractivity contribution in [1.82, 2.24) is 0 Å². The quantitative estimate of drug-likeness (QED) is 0.513. The molecule has 0 N–H and O–H groups in total. The molecule has 12 heavy (non-hydrogen) atoms. The molecule has 0 spiro atoms. The standard InChI is InChI=1S/C12H20/c1-12-7-6-10(12)8-9-4-2-3-5-11(9)12/h9-11H,2-8H2,1H3/t9-,10+,11+,12+/m0/s1. The Labute approximate surface area is 75.7 Å². The molecule has 3 aliphatic carbocycles. The summed E-state index contributed by atoms with van der Waals surface area (Å²) in [4.78, 5) is 0. The Morgan fingerprint density at radius 2 is 1.92 bits per heavy atom. The molecule has 0 amide bonds. The Morgan fingerprint density at radius 3 is 2.67 bits per heavy atom. The summed E-state index contributed by atoms with van der Waals surface area (Å²) in [5.41, 5.74) is 0.824. The van der Waals surface area contributed by atoms with Gasteiger partial charge in [0.05, 0.1) is 0 Å². The van der Waals surface area contributed by atoms with Crippen molar-refractivity contribution in [3.8, 4) is 0 Å². The first-order chi connectivity index (χ1) is 5.81. The van der Waals surface area contributed by atoms with Crippen LogP contribution in [0.2, 0.25) is 0 Å². The Hall–Kier alpha value is 0. The van der Waals surface area contributed by atoms with Gasteiger partial charge in [-0.2, -0.15) is 0 Å². The van der Waals surface area contributed by atoms with Crippen LogP contribution in [0.1, 0.15) is 51.9 Å². The van der Waals surface area contributed by atoms with Gasteiger partial charge in [-0.3, -0.25) is 0 Å². The highest BCUT2D eigenvalue weighted by molar-refractivity contribution is 5.06. The fraction of sp³-hybridized carbons (Fsp3) is 1.00. The maximum Gasteiger partial charge on any atom is -0.0266 e. The molecule has 0 heteroatoms. The summed E-state index contributed by atoms with van der Waals surface area (Å²) in [5, 5.41) is 0. The minimum atomic E-state index is 0.824. The van der Waals surface area contributed by atoms with Gasteiger partial charge in [0.2, 0.25) is 0 Å². The van der Waals surface area contributed by atoms with E-state index in [-0.39, 0.29) is 0 Å². The molecule has 0 bridgehead atoms. The number of fused-ring (bicyclic) bond motifs is 3. The van der Waals surface area contributed by atoms with Gasteiger partial charge in [-0.25, -0.2) is 0 Å². The van der Waals surface area contributed by atoms with E-state index in [1.807, 2.05) is 0 Å². The highest BCUT2D eigenvalue weighted by Crippen LogP contribution is 2.65. The van der Waals surface area contributed by atoms with Gasteiger partial charge >= 0.3 is 0 Å². The monoisotopic (exact) mass is 164 g/mol. The lowest BCUT2D eigenvalue weighted by Gasteiger charge is -2.47. The molecule has 4 atom stereocenters. The lowest BCUT2D eigenvalue weighted by atomic mass is 9.58. The van der Waals surface area contributed by atoms with E-state index in [0.717, 1.165) is 23.2 Å². The van der Waals surface area contributed by atoms with E-state index in [0.29, 0.717) is 0 Å². The van der Waals surface area contributed by atoms with Crippen molar-refractivity contribution in [2.45, 2.75) is 51.9 Å². The van der Waals surface area contributed by atoms with Crippen molar-refractivity contribution >= 4 is 0 Å². The number of hydrogen-bond acceptors (Lipinski definition) is 0. The third-order valence-electron chi connectivity index (χ3n) is 5.31. The molecule has 0 unspecified atom stereocenters. The van der Waals surface area contributed by atoms with Crippen molar-refractivity contribution in [2.75, 3.05) is 0 Å². The van der Waals surface area contributed by atoms with Crippen molar-refractivity contribution < 1.29 is 0 Å². The van der Waals surface area contributed by atoms with Crippen molar-refractivity contribution in [2.24, 2.45) is 23.2 Å². The first-order valence-electron chi connectivity index (χ1n) is 5.81. The lowest BCUT2D eigenvalue weighted by molar-refractivity contribution is 0.0237. The molecule has 0 heterocycles. The second-order valence-corrected chi connectivity index (χ2v) is 5.63. The Balaban J connectivity index is 1.87. The summed E-state index contributed by atoms with van der Waals surface area (Å²) in [7, 11) is 0. The van der Waals surface area contributed by atoms with Gasteiger partial charge in [0.1, 0.15) is 0 Å². The van der Waals surface area contributed by atoms with Crippen LogP contribution in [0.3, 0.4) is 0 Å². The van der Waals surface area contributed by atoms with E-state index in [4.69, 9.17) is 0 Å². The first kappa shape index (κ1) is 7.41. The van der Waals surface area contributed by atoms with E-state index in [2.05, 4.69) is 6.92 Å². The van der Waals surface area contributed by atoms with Crippen LogP contribution in [0.25, 0.3) is 0 Å². The highest BCUT2D eigenvalue weighted by Gasteiger charge is 2.56. The van der Waals surface area contributed by atoms with E-state index in [1.165, 1.54) is 12.8 Å². The number of rotatable bonds is 0. The van der Waals surface area contributed by atoms with Gasteiger partial charge in [0, 0.05) is 0 Å². The molecule has 0 aromatic carbocycles. The van der Waals surface area contributed by atoms with Crippen LogP contribution in [-0.2, 0) is 0 Å². The van der Waals surface area contributed by atoms with Crippen molar-refractivity contribution in [1.29, 1.82) is 0 Å². The molecule has 3 rings (SSSR count). The van der Waals surface area contributed by atoms with Crippen LogP contribution < -0.4 is 0 Å². The predicted octanol–water partition coefficient (Wildman–Crippen LogP) is 3.61. The topological polar surface area (TPSA) is 0 Å². The fourth-order valence-electron chi connectivity index (χ4n) is 4.40. The molecule has 3 saturated carbocycles. The van der Waals surface area contributed by atoms with E-state index in [1.54, 1.807) is 32.1 Å². The summed E-state index contributed by atoms with van der Waals surface area (Å²) >= 11 is 0. The maximum absolute atomic E-state index is 2.58. The van der Waals surface area contributed by atoms with Crippen LogP contribution in [-0.4, -0.2) is 0 Å². The molecule has 0 aromatic rings. The molecule has 0 aliphatic heterocycles. The third kappa shape index (κ3) is 0.744. The van der Waals surface area contributed by atoms with Gasteiger partial charge in [0.15, 0.2) is 0 Å². The summed E-state index contributed by atoms with van der Waals surface area (Å²) < 4.78 is 0. The van der Waals surface area contributed by atoms with E-state index >= 15 is 0 Å². The van der Waals surface area contributed by atoms with Gasteiger partial charge < -0.3 is 0 Å². The minimum absolute atomic E-state index is 0.824. The SMILES string of the molecule is C[C@@]12CC[C@@H]1C[C@@H]1CCCC[C@H]12. The molecular formula is C12H20. The summed E-state index contributed by atoms with van der Waals surface area (Å²) in [6.07, 6.45) is 10.9. The van der Waals surface area contributed by atoms with Crippen LogP contribution in [0, 0.1) is 23.2 Å². The molecule has 0 saturated heterocycles. The summed E-state index contributed by atoms with van der Waals surface area (Å²) in [6.45, 7) is 2.58. The highest BCUT2D eigenvalue weighted by atomic mass is 14.6. The van der Waals surface area contributed by atoms with Gasteiger partial charge in [-0.05, 0) is 48.9 Å². The largest absolute Gasteiger partial charge is 0.0591 e. The second-order valence-electron chi connectivity index (χ2n) is 5.63. The van der Waals surface area contributed by atoms with Gasteiger partial charge in [-0.1, -0.05) is 26.2 Å². The summed E-state index contributed by atoms with van der Waals surface area (Å²) in [6, 6.07) is 0. The molecule has 68 valence electrons. The number of hydrogen-bond donors (Lipinski definition) is 0. The average molecular weight is 164 g/mol. The van der Waals surface area contributed by atoms with Crippen LogP contribution in [0.4, 0.5) is 0 Å². The average Bonchev–Trinajstić information content (AvgIpc) is 2.28. The van der Waals surface area contributed by atoms with Crippen molar-refractivity contribution in [3.63, 3.8) is 0 Å². The second kappa shape index (κ2) is 2.27. The van der Waals surface area contributed by atoms with E-state index in [9.17, 15) is 0 Å². The normalized spacial score (nSPS) is 57.2. The zero-order valence-corrected chi connectivity index (χ0v) is 8.18. The minimum Gasteiger partial charge on any atom is -0.0591 e. The molecule has 0 radical (unpaired) electrons. The Kier molecular flexibility index (Phi) is 1.40. The summed E-state index contributed by atoms with van der Waals surface area (Å²) in [5.74, 6) is 3.44. The zero-order chi connectivity index (χ0) is 8.18. The van der Waals surface area contributed by atoms with Gasteiger partial charge in [0.25, 0.3) is 0 Å². The fourth-order valence-corrected chi connectivity index (χ4v) is 4.40. The Morgan fingerprint density at radius 1 is 1.08 bits per heavy atom. The Bertz CT molecular complexity index is 196. The molecular weight excluding hydrogens is 144 g/mol. The molecule has 3 aliphatic rings. The van der Waals surface area contributed by atoms with E-state index < -0.39 is 0 Å². The molecule has 0 aromatic heterocycles. The molecule has 3 fully saturated rings. The lowest BCUT2D eigenvalue weighted by Crippen LogP contribution is -2.38. The zero-order valence-electron chi connectivity index (χ0n) is 8.18. The van der Waals surface area contributed by atoms with Crippen LogP contribution in [0.15, 0.2) is 0 Å². The van der Waals surface area contributed by atoms with Crippen LogP contribution >= 0.6 is 0 Å².